The van der Waals surface area contributed by atoms with Crippen LogP contribution in [0.2, 0.25) is 0 Å². The Morgan fingerprint density at radius 3 is 2.84 bits per heavy atom. The molecule has 4 heterocycles. The summed E-state index contributed by atoms with van der Waals surface area (Å²) < 4.78 is 6.45. The Bertz CT molecular complexity index is 1230. The van der Waals surface area contributed by atoms with Gasteiger partial charge in [-0.05, 0) is 41.6 Å². The third-order valence-corrected chi connectivity index (χ3v) is 6.64. The fourth-order valence-electron chi connectivity index (χ4n) is 3.76. The zero-order valence-corrected chi connectivity index (χ0v) is 18.5. The van der Waals surface area contributed by atoms with Gasteiger partial charge in [0.1, 0.15) is 11.5 Å². The van der Waals surface area contributed by atoms with Gasteiger partial charge in [0.05, 0.1) is 29.8 Å². The van der Waals surface area contributed by atoms with Crippen LogP contribution in [0.1, 0.15) is 21.6 Å². The standard InChI is InChI=1S/C23H24N6O2S/c1-15-14-32-21-18(15)6-7-24-22(21)27-19-12-25-28-20(19)23(30)26-17-4-2-16(3-5-17)13-29-8-10-31-11-9-29/h2-7,12,14H,8-11,13H2,1H3,(H,24,27)(H,25,28)(H,26,30). The van der Waals surface area contributed by atoms with E-state index in [9.17, 15) is 4.79 Å². The van der Waals surface area contributed by atoms with E-state index in [1.54, 1.807) is 23.7 Å². The number of nitrogens with zero attached hydrogens (tertiary/aromatic N) is 3. The molecule has 3 N–H and O–H groups in total. The third-order valence-electron chi connectivity index (χ3n) is 5.52. The predicted octanol–water partition coefficient (Wildman–Crippen LogP) is 4.16. The van der Waals surface area contributed by atoms with Crippen molar-refractivity contribution in [3.05, 3.63) is 64.9 Å². The first-order valence-corrected chi connectivity index (χ1v) is 11.4. The SMILES string of the molecule is Cc1csc2c(Nc3cn[nH]c3C(=O)Nc3ccc(CN4CCOCC4)cc3)nccc12. The van der Waals surface area contributed by atoms with Crippen LogP contribution in [0.4, 0.5) is 17.2 Å². The number of aromatic amines is 1. The number of fused-ring (bicyclic) bond motifs is 1. The molecule has 1 aliphatic heterocycles. The molecule has 1 fully saturated rings. The predicted molar refractivity (Wildman–Crippen MR) is 127 cm³/mol. The molecule has 1 aliphatic rings. The molecule has 164 valence electrons. The molecule has 5 rings (SSSR count). The summed E-state index contributed by atoms with van der Waals surface area (Å²) in [7, 11) is 0. The number of amides is 1. The van der Waals surface area contributed by atoms with Crippen LogP contribution >= 0.6 is 11.3 Å². The lowest BCUT2D eigenvalue weighted by Crippen LogP contribution is -2.35. The molecule has 0 bridgehead atoms. The minimum Gasteiger partial charge on any atom is -0.379 e. The van der Waals surface area contributed by atoms with E-state index in [1.165, 1.54) is 11.1 Å². The maximum Gasteiger partial charge on any atom is 0.275 e. The van der Waals surface area contributed by atoms with Gasteiger partial charge in [-0.2, -0.15) is 5.10 Å². The summed E-state index contributed by atoms with van der Waals surface area (Å²) in [6.45, 7) is 6.41. The number of nitrogens with one attached hydrogen (secondary N) is 3. The minimum absolute atomic E-state index is 0.263. The number of H-pyrrole nitrogens is 1. The van der Waals surface area contributed by atoms with Gasteiger partial charge in [0, 0.05) is 36.9 Å². The quantitative estimate of drug-likeness (QED) is 0.410. The largest absolute Gasteiger partial charge is 0.379 e. The molecule has 1 aromatic carbocycles. The van der Waals surface area contributed by atoms with E-state index in [-0.39, 0.29) is 5.91 Å². The number of thiophene rings is 1. The zero-order chi connectivity index (χ0) is 21.9. The average Bonchev–Trinajstić information content (AvgIpc) is 3.43. The normalized spacial score (nSPS) is 14.5. The highest BCUT2D eigenvalue weighted by molar-refractivity contribution is 7.18. The van der Waals surface area contributed by atoms with Gasteiger partial charge in [0.25, 0.3) is 5.91 Å². The molecule has 9 heteroatoms. The second kappa shape index (κ2) is 9.07. The third kappa shape index (κ3) is 4.36. The van der Waals surface area contributed by atoms with Crippen LogP contribution in [0.3, 0.4) is 0 Å². The molecule has 0 spiro atoms. The van der Waals surface area contributed by atoms with E-state index in [1.807, 2.05) is 30.3 Å². The Morgan fingerprint density at radius 2 is 2.03 bits per heavy atom. The number of morpholine rings is 1. The second-order valence-corrected chi connectivity index (χ2v) is 8.66. The highest BCUT2D eigenvalue weighted by Gasteiger charge is 2.17. The Kier molecular flexibility index (Phi) is 5.85. The van der Waals surface area contributed by atoms with Gasteiger partial charge in [-0.1, -0.05) is 12.1 Å². The van der Waals surface area contributed by atoms with Crippen molar-refractivity contribution in [3.63, 3.8) is 0 Å². The number of rotatable bonds is 6. The van der Waals surface area contributed by atoms with Gasteiger partial charge < -0.3 is 15.4 Å². The van der Waals surface area contributed by atoms with Crippen molar-refractivity contribution >= 4 is 44.5 Å². The van der Waals surface area contributed by atoms with E-state index in [0.29, 0.717) is 17.2 Å². The lowest BCUT2D eigenvalue weighted by Gasteiger charge is -2.26. The smallest absolute Gasteiger partial charge is 0.275 e. The van der Waals surface area contributed by atoms with Crippen molar-refractivity contribution in [2.45, 2.75) is 13.5 Å². The number of carbonyl (C=O) groups is 1. The van der Waals surface area contributed by atoms with E-state index >= 15 is 0 Å². The van der Waals surface area contributed by atoms with Crippen LogP contribution in [0.25, 0.3) is 10.1 Å². The van der Waals surface area contributed by atoms with Gasteiger partial charge in [0.15, 0.2) is 0 Å². The summed E-state index contributed by atoms with van der Waals surface area (Å²) >= 11 is 1.63. The Balaban J connectivity index is 1.27. The number of hydrogen-bond acceptors (Lipinski definition) is 7. The minimum atomic E-state index is -0.263. The summed E-state index contributed by atoms with van der Waals surface area (Å²) in [5, 5.41) is 16.3. The molecule has 32 heavy (non-hydrogen) atoms. The number of aromatic nitrogens is 3. The summed E-state index contributed by atoms with van der Waals surface area (Å²) in [5.74, 6) is 0.448. The average molecular weight is 449 g/mol. The van der Waals surface area contributed by atoms with Gasteiger partial charge in [-0.3, -0.25) is 14.8 Å². The summed E-state index contributed by atoms with van der Waals surface area (Å²) in [6, 6.07) is 9.93. The molecule has 0 saturated carbocycles. The molecule has 0 unspecified atom stereocenters. The van der Waals surface area contributed by atoms with Gasteiger partial charge in [0.2, 0.25) is 0 Å². The number of carbonyl (C=O) groups excluding carboxylic acids is 1. The highest BCUT2D eigenvalue weighted by atomic mass is 32.1. The fraction of sp³-hybridized carbons (Fsp3) is 0.261. The van der Waals surface area contributed by atoms with Crippen molar-refractivity contribution in [3.8, 4) is 0 Å². The molecule has 0 aliphatic carbocycles. The van der Waals surface area contributed by atoms with Crippen LogP contribution in [-0.2, 0) is 11.3 Å². The van der Waals surface area contributed by atoms with Crippen LogP contribution in [0.5, 0.6) is 0 Å². The first-order chi connectivity index (χ1) is 15.7. The number of benzene rings is 1. The van der Waals surface area contributed by atoms with E-state index in [0.717, 1.165) is 48.6 Å². The number of hydrogen-bond donors (Lipinski definition) is 3. The topological polar surface area (TPSA) is 95.2 Å². The number of aryl methyl sites for hydroxylation is 1. The molecule has 3 aromatic heterocycles. The second-order valence-electron chi connectivity index (χ2n) is 7.78. The van der Waals surface area contributed by atoms with E-state index in [2.05, 4.69) is 43.0 Å². The summed E-state index contributed by atoms with van der Waals surface area (Å²) in [4.78, 5) is 19.7. The van der Waals surface area contributed by atoms with Crippen molar-refractivity contribution in [2.75, 3.05) is 36.9 Å². The van der Waals surface area contributed by atoms with Crippen LogP contribution in [0, 0.1) is 6.92 Å². The van der Waals surface area contributed by atoms with Gasteiger partial charge >= 0.3 is 0 Å². The Labute approximate surface area is 189 Å². The lowest BCUT2D eigenvalue weighted by molar-refractivity contribution is 0.0342. The van der Waals surface area contributed by atoms with Gasteiger partial charge in [-0.15, -0.1) is 11.3 Å². The van der Waals surface area contributed by atoms with Crippen molar-refractivity contribution in [2.24, 2.45) is 0 Å². The van der Waals surface area contributed by atoms with Crippen LogP contribution < -0.4 is 10.6 Å². The maximum absolute atomic E-state index is 12.9. The molecular weight excluding hydrogens is 424 g/mol. The van der Waals surface area contributed by atoms with Crippen molar-refractivity contribution in [1.29, 1.82) is 0 Å². The number of anilines is 3. The van der Waals surface area contributed by atoms with E-state index in [4.69, 9.17) is 4.74 Å². The monoisotopic (exact) mass is 448 g/mol. The molecule has 1 amide bonds. The van der Waals surface area contributed by atoms with E-state index < -0.39 is 0 Å². The maximum atomic E-state index is 12.9. The van der Waals surface area contributed by atoms with Crippen molar-refractivity contribution in [1.82, 2.24) is 20.1 Å². The summed E-state index contributed by atoms with van der Waals surface area (Å²) in [6.07, 6.45) is 3.37. The molecule has 0 radical (unpaired) electrons. The first-order valence-electron chi connectivity index (χ1n) is 10.5. The number of pyridine rings is 1. The van der Waals surface area contributed by atoms with Gasteiger partial charge in [-0.25, -0.2) is 4.98 Å². The van der Waals surface area contributed by atoms with Crippen LogP contribution in [-0.4, -0.2) is 52.3 Å². The molecule has 8 nitrogen and oxygen atoms in total. The lowest BCUT2D eigenvalue weighted by atomic mass is 10.2. The molecular formula is C23H24N6O2S. The highest BCUT2D eigenvalue weighted by Crippen LogP contribution is 2.32. The Morgan fingerprint density at radius 1 is 1.22 bits per heavy atom. The Hall–Kier alpha value is -3.27. The molecule has 1 saturated heterocycles. The number of ether oxygens (including phenoxy) is 1. The summed E-state index contributed by atoms with van der Waals surface area (Å²) in [5.41, 5.74) is 4.08. The molecule has 4 aromatic rings. The zero-order valence-electron chi connectivity index (χ0n) is 17.7. The van der Waals surface area contributed by atoms with Crippen molar-refractivity contribution < 1.29 is 9.53 Å². The fourth-order valence-corrected chi connectivity index (χ4v) is 4.76. The first kappa shape index (κ1) is 20.6. The van der Waals surface area contributed by atoms with Crippen LogP contribution in [0.15, 0.2) is 48.1 Å². The molecule has 0 atom stereocenters.